The van der Waals surface area contributed by atoms with Gasteiger partial charge >= 0.3 is 5.00 Å². The molecule has 0 saturated carbocycles. The first-order valence-corrected chi connectivity index (χ1v) is 8.88. The number of nitro groups is 1. The van der Waals surface area contributed by atoms with Gasteiger partial charge in [0, 0.05) is 12.2 Å². The van der Waals surface area contributed by atoms with Crippen molar-refractivity contribution in [3.05, 3.63) is 40.6 Å². The van der Waals surface area contributed by atoms with Gasteiger partial charge in [-0.1, -0.05) is 0 Å². The molecule has 2 aromatic rings. The number of rotatable bonds is 9. The summed E-state index contributed by atoms with van der Waals surface area (Å²) < 4.78 is 0.841. The second-order valence-electron chi connectivity index (χ2n) is 6.68. The van der Waals surface area contributed by atoms with Crippen LogP contribution in [0.3, 0.4) is 0 Å². The van der Waals surface area contributed by atoms with Gasteiger partial charge < -0.3 is 14.5 Å². The predicted octanol–water partition coefficient (Wildman–Crippen LogP) is 2.97. The minimum Gasteiger partial charge on any atom is -0.395 e. The van der Waals surface area contributed by atoms with E-state index in [1.807, 2.05) is 24.3 Å². The van der Waals surface area contributed by atoms with E-state index in [0.29, 0.717) is 12.2 Å². The third-order valence-corrected chi connectivity index (χ3v) is 4.37. The number of aliphatic hydroxyl groups excluding tert-OH is 1. The smallest absolute Gasteiger partial charge is 0.345 e. The van der Waals surface area contributed by atoms with Gasteiger partial charge in [0.15, 0.2) is 0 Å². The van der Waals surface area contributed by atoms with Crippen LogP contribution in [-0.4, -0.2) is 66.9 Å². The van der Waals surface area contributed by atoms with E-state index >= 15 is 0 Å². The first-order chi connectivity index (χ1) is 12.3. The van der Waals surface area contributed by atoms with Gasteiger partial charge in [0.1, 0.15) is 6.20 Å². The quantitative estimate of drug-likeness (QED) is 0.312. The van der Waals surface area contributed by atoms with Crippen molar-refractivity contribution in [3.8, 4) is 0 Å². The summed E-state index contributed by atoms with van der Waals surface area (Å²) in [5, 5.41) is 28.1. The molecule has 0 atom stereocenters. The molecule has 0 radical (unpaired) electrons. The second-order valence-corrected chi connectivity index (χ2v) is 7.67. The topological polar surface area (TPSA) is 104 Å². The maximum absolute atomic E-state index is 10.6. The second kappa shape index (κ2) is 8.79. The molecule has 1 aromatic heterocycles. The van der Waals surface area contributed by atoms with Crippen LogP contribution < -0.4 is 4.90 Å². The normalized spacial score (nSPS) is 11.8. The Balaban J connectivity index is 2.04. The molecule has 9 nitrogen and oxygen atoms in total. The number of benzene rings is 1. The number of anilines is 1. The van der Waals surface area contributed by atoms with Gasteiger partial charge in [-0.3, -0.25) is 10.1 Å². The van der Waals surface area contributed by atoms with Gasteiger partial charge in [-0.05, 0) is 35.6 Å². The molecule has 0 aliphatic carbocycles. The monoisotopic (exact) mass is 379 g/mol. The van der Waals surface area contributed by atoms with Gasteiger partial charge in [-0.15, -0.1) is 10.2 Å². The number of aromatic nitrogens is 1. The Kier molecular flexibility index (Phi) is 6.72. The van der Waals surface area contributed by atoms with E-state index in [9.17, 15) is 15.2 Å². The molecule has 1 aromatic carbocycles. The highest BCUT2D eigenvalue weighted by Crippen LogP contribution is 2.29. The first kappa shape index (κ1) is 19.9. The van der Waals surface area contributed by atoms with Crippen molar-refractivity contribution in [2.45, 2.75) is 0 Å². The molecule has 0 unspecified atom stereocenters. The number of nitrogens with zero attached hydrogens (tertiary/aromatic N) is 6. The number of aliphatic hydroxyl groups is 1. The van der Waals surface area contributed by atoms with Crippen molar-refractivity contribution in [1.29, 1.82) is 0 Å². The fraction of sp³-hybridized carbons (Fsp3) is 0.438. The van der Waals surface area contributed by atoms with Crippen LogP contribution >= 0.6 is 11.3 Å². The number of hydrogen-bond acceptors (Lipinski definition) is 8. The van der Waals surface area contributed by atoms with Crippen molar-refractivity contribution in [3.63, 3.8) is 0 Å². The molecule has 0 aliphatic heterocycles. The zero-order valence-electron chi connectivity index (χ0n) is 15.1. The molecule has 0 spiro atoms. The summed E-state index contributed by atoms with van der Waals surface area (Å²) in [6.45, 7) is 2.42. The molecule has 1 N–H and O–H groups in total. The summed E-state index contributed by atoms with van der Waals surface area (Å²) in [7, 11) is 6.39. The molecule has 10 heteroatoms. The van der Waals surface area contributed by atoms with Gasteiger partial charge in [0.25, 0.3) is 0 Å². The minimum atomic E-state index is -0.502. The van der Waals surface area contributed by atoms with Crippen LogP contribution in [0.4, 0.5) is 21.5 Å². The highest BCUT2D eigenvalue weighted by atomic mass is 32.1. The summed E-state index contributed by atoms with van der Waals surface area (Å²) in [5.74, 6) is 0. The first-order valence-electron chi connectivity index (χ1n) is 8.07. The van der Waals surface area contributed by atoms with E-state index in [1.165, 1.54) is 6.20 Å². The number of hydrogen-bond donors (Lipinski definition) is 1. The van der Waals surface area contributed by atoms with Gasteiger partial charge in [0.2, 0.25) is 5.13 Å². The van der Waals surface area contributed by atoms with Crippen LogP contribution in [0.5, 0.6) is 0 Å². The summed E-state index contributed by atoms with van der Waals surface area (Å²) >= 11 is 0.875. The van der Waals surface area contributed by atoms with Crippen LogP contribution in [0.1, 0.15) is 0 Å². The van der Waals surface area contributed by atoms with E-state index in [1.54, 1.807) is 0 Å². The average Bonchev–Trinajstić information content (AvgIpc) is 3.06. The maximum Gasteiger partial charge on any atom is 0.345 e. The lowest BCUT2D eigenvalue weighted by atomic mass is 10.2. The molecule has 0 aliphatic rings. The van der Waals surface area contributed by atoms with Crippen molar-refractivity contribution >= 4 is 32.8 Å². The van der Waals surface area contributed by atoms with E-state index in [-0.39, 0.29) is 16.7 Å². The number of thiazole rings is 1. The Morgan fingerprint density at radius 3 is 2.46 bits per heavy atom. The van der Waals surface area contributed by atoms with Crippen LogP contribution in [0.2, 0.25) is 0 Å². The summed E-state index contributed by atoms with van der Waals surface area (Å²) in [4.78, 5) is 16.1. The Hall–Kier alpha value is -2.43. The van der Waals surface area contributed by atoms with E-state index in [0.717, 1.165) is 34.6 Å². The zero-order chi connectivity index (χ0) is 19.2. The molecular weight excluding hydrogens is 356 g/mol. The van der Waals surface area contributed by atoms with Crippen LogP contribution in [0.15, 0.2) is 40.7 Å². The Morgan fingerprint density at radius 2 is 1.92 bits per heavy atom. The van der Waals surface area contributed by atoms with Crippen LogP contribution in [-0.2, 0) is 0 Å². The number of azo groups is 1. The predicted molar refractivity (Wildman–Crippen MR) is 102 cm³/mol. The molecule has 0 saturated heterocycles. The average molecular weight is 379 g/mol. The van der Waals surface area contributed by atoms with Crippen molar-refractivity contribution < 1.29 is 14.5 Å². The SMILES string of the molecule is C[N+](C)(C)CCN(CCO)c1ccc(N=Nc2ncc([N+](=O)[O-])s2)cc1. The molecule has 140 valence electrons. The molecule has 1 heterocycles. The fourth-order valence-corrected chi connectivity index (χ4v) is 2.68. The van der Waals surface area contributed by atoms with Crippen LogP contribution in [0, 0.1) is 10.1 Å². The molecule has 0 fully saturated rings. The van der Waals surface area contributed by atoms with Crippen molar-refractivity contribution in [1.82, 2.24) is 4.98 Å². The molecular formula is C16H23N6O3S+. The zero-order valence-corrected chi connectivity index (χ0v) is 15.9. The lowest BCUT2D eigenvalue weighted by molar-refractivity contribution is -0.868. The Morgan fingerprint density at radius 1 is 1.23 bits per heavy atom. The largest absolute Gasteiger partial charge is 0.395 e. The van der Waals surface area contributed by atoms with E-state index in [2.05, 4.69) is 41.3 Å². The third-order valence-electron chi connectivity index (χ3n) is 3.54. The highest BCUT2D eigenvalue weighted by molar-refractivity contribution is 7.18. The van der Waals surface area contributed by atoms with Gasteiger partial charge in [-0.2, -0.15) is 0 Å². The highest BCUT2D eigenvalue weighted by Gasteiger charge is 2.13. The molecule has 26 heavy (non-hydrogen) atoms. The standard InChI is InChI=1S/C16H23N6O3S/c1-22(2,3)10-8-20(9-11-23)14-6-4-13(5-7-14)18-19-16-17-12-15(26-16)21(24)25/h4-7,12,23H,8-11H2,1-3H3/q+1. The Bertz CT molecular complexity index is 754. The number of likely N-dealkylation sites (N-methyl/N-ethyl adjacent to an activating group) is 1. The van der Waals surface area contributed by atoms with Crippen molar-refractivity contribution in [2.75, 3.05) is 52.3 Å². The lowest BCUT2D eigenvalue weighted by Crippen LogP contribution is -2.42. The molecule has 0 amide bonds. The minimum absolute atomic E-state index is 0.0637. The lowest BCUT2D eigenvalue weighted by Gasteiger charge is -2.30. The van der Waals surface area contributed by atoms with E-state index in [4.69, 9.17) is 0 Å². The summed E-state index contributed by atoms with van der Waals surface area (Å²) in [6.07, 6.45) is 1.17. The summed E-state index contributed by atoms with van der Waals surface area (Å²) in [6, 6.07) is 7.47. The van der Waals surface area contributed by atoms with Crippen molar-refractivity contribution in [2.24, 2.45) is 10.2 Å². The van der Waals surface area contributed by atoms with Gasteiger partial charge in [-0.25, -0.2) is 4.98 Å². The maximum atomic E-state index is 10.6. The molecule has 2 rings (SSSR count). The van der Waals surface area contributed by atoms with Crippen LogP contribution in [0.25, 0.3) is 0 Å². The molecule has 0 bridgehead atoms. The Labute approximate surface area is 156 Å². The summed E-state index contributed by atoms with van der Waals surface area (Å²) in [5.41, 5.74) is 1.62. The fourth-order valence-electron chi connectivity index (χ4n) is 2.13. The number of quaternary nitrogens is 1. The third kappa shape index (κ3) is 6.14. The van der Waals surface area contributed by atoms with Gasteiger partial charge in [0.05, 0.1) is 51.5 Å². The van der Waals surface area contributed by atoms with E-state index < -0.39 is 4.92 Å².